The molecule has 0 amide bonds. The van der Waals surface area contributed by atoms with Crippen molar-refractivity contribution in [2.24, 2.45) is 5.92 Å². The quantitative estimate of drug-likeness (QED) is 0.848. The molecule has 19 heavy (non-hydrogen) atoms. The largest absolute Gasteiger partial charge is 0.313 e. The van der Waals surface area contributed by atoms with Gasteiger partial charge in [0.25, 0.3) is 0 Å². The Labute approximate surface area is 114 Å². The van der Waals surface area contributed by atoms with Gasteiger partial charge in [-0.25, -0.2) is 8.78 Å². The van der Waals surface area contributed by atoms with Crippen molar-refractivity contribution < 1.29 is 8.78 Å². The molecule has 0 heterocycles. The van der Waals surface area contributed by atoms with Crippen LogP contribution >= 0.6 is 0 Å². The lowest BCUT2D eigenvalue weighted by Crippen LogP contribution is -2.39. The normalized spacial score (nSPS) is 23.5. The van der Waals surface area contributed by atoms with Crippen LogP contribution in [0, 0.1) is 17.6 Å². The van der Waals surface area contributed by atoms with Crippen LogP contribution in [-0.2, 0) is 6.42 Å². The van der Waals surface area contributed by atoms with Crippen LogP contribution in [-0.4, -0.2) is 12.6 Å². The zero-order valence-electron chi connectivity index (χ0n) is 11.6. The average molecular weight is 267 g/mol. The van der Waals surface area contributed by atoms with Gasteiger partial charge in [-0.3, -0.25) is 0 Å². The molecule has 1 aliphatic carbocycles. The summed E-state index contributed by atoms with van der Waals surface area (Å²) < 4.78 is 26.1. The monoisotopic (exact) mass is 267 g/mol. The molecule has 2 atom stereocenters. The fourth-order valence-electron chi connectivity index (χ4n) is 3.12. The molecule has 1 aliphatic rings. The van der Waals surface area contributed by atoms with E-state index < -0.39 is 11.6 Å². The van der Waals surface area contributed by atoms with Crippen molar-refractivity contribution in [3.8, 4) is 0 Å². The van der Waals surface area contributed by atoms with Gasteiger partial charge in [-0.1, -0.05) is 26.2 Å². The highest BCUT2D eigenvalue weighted by atomic mass is 19.1. The number of benzene rings is 1. The fraction of sp³-hybridized carbons (Fsp3) is 0.625. The highest BCUT2D eigenvalue weighted by Crippen LogP contribution is 2.26. The van der Waals surface area contributed by atoms with Crippen LogP contribution in [0.3, 0.4) is 0 Å². The average Bonchev–Trinajstić information content (AvgIpc) is 2.38. The van der Waals surface area contributed by atoms with Gasteiger partial charge in [0.2, 0.25) is 0 Å². The summed E-state index contributed by atoms with van der Waals surface area (Å²) in [7, 11) is 0. The topological polar surface area (TPSA) is 12.0 Å². The van der Waals surface area contributed by atoms with E-state index in [1.165, 1.54) is 44.2 Å². The summed E-state index contributed by atoms with van der Waals surface area (Å²) in [6.07, 6.45) is 7.07. The molecule has 0 saturated heterocycles. The van der Waals surface area contributed by atoms with Crippen molar-refractivity contribution >= 4 is 0 Å². The van der Waals surface area contributed by atoms with E-state index in [4.69, 9.17) is 0 Å². The molecule has 2 unspecified atom stereocenters. The van der Waals surface area contributed by atoms with Crippen molar-refractivity contribution in [1.29, 1.82) is 0 Å². The minimum absolute atomic E-state index is 0.487. The summed E-state index contributed by atoms with van der Waals surface area (Å²) in [5.74, 6) is -0.212. The van der Waals surface area contributed by atoms with Gasteiger partial charge in [0.05, 0.1) is 0 Å². The van der Waals surface area contributed by atoms with E-state index in [1.54, 1.807) is 0 Å². The van der Waals surface area contributed by atoms with Crippen LogP contribution in [0.4, 0.5) is 8.78 Å². The number of rotatable bonds is 5. The Morgan fingerprint density at radius 2 is 1.79 bits per heavy atom. The van der Waals surface area contributed by atoms with Crippen LogP contribution < -0.4 is 5.32 Å². The van der Waals surface area contributed by atoms with Crippen LogP contribution in [0.5, 0.6) is 0 Å². The van der Waals surface area contributed by atoms with Gasteiger partial charge in [0.1, 0.15) is 11.6 Å². The smallest absolute Gasteiger partial charge is 0.126 e. The van der Waals surface area contributed by atoms with E-state index in [2.05, 4.69) is 12.2 Å². The van der Waals surface area contributed by atoms with Crippen molar-refractivity contribution in [2.75, 3.05) is 6.54 Å². The summed E-state index contributed by atoms with van der Waals surface area (Å²) in [5, 5.41) is 3.57. The molecule has 2 rings (SSSR count). The molecule has 0 radical (unpaired) electrons. The highest BCUT2D eigenvalue weighted by molar-refractivity contribution is 5.18. The molecule has 1 fully saturated rings. The van der Waals surface area contributed by atoms with E-state index >= 15 is 0 Å². The lowest BCUT2D eigenvalue weighted by atomic mass is 9.83. The Bertz CT molecular complexity index is 385. The van der Waals surface area contributed by atoms with Crippen LogP contribution in [0.1, 0.15) is 44.6 Å². The van der Waals surface area contributed by atoms with Gasteiger partial charge in [-0.2, -0.15) is 0 Å². The molecular formula is C16H23F2N. The lowest BCUT2D eigenvalue weighted by Gasteiger charge is -2.31. The first-order valence-corrected chi connectivity index (χ1v) is 7.37. The van der Waals surface area contributed by atoms with Gasteiger partial charge in [-0.15, -0.1) is 0 Å². The molecule has 0 aliphatic heterocycles. The summed E-state index contributed by atoms with van der Waals surface area (Å²) in [6.45, 7) is 3.04. The van der Waals surface area contributed by atoms with Gasteiger partial charge in [-0.05, 0) is 49.4 Å². The number of hydrogen-bond acceptors (Lipinski definition) is 1. The van der Waals surface area contributed by atoms with Crippen molar-refractivity contribution in [3.63, 3.8) is 0 Å². The number of hydrogen-bond donors (Lipinski definition) is 1. The third-order valence-electron chi connectivity index (χ3n) is 4.18. The van der Waals surface area contributed by atoms with E-state index in [0.29, 0.717) is 12.5 Å². The predicted octanol–water partition coefficient (Wildman–Crippen LogP) is 4.07. The Hall–Kier alpha value is -0.960. The first-order valence-electron chi connectivity index (χ1n) is 7.37. The highest BCUT2D eigenvalue weighted by Gasteiger charge is 2.22. The maximum absolute atomic E-state index is 13.1. The molecular weight excluding hydrogens is 244 g/mol. The van der Waals surface area contributed by atoms with E-state index in [-0.39, 0.29) is 0 Å². The summed E-state index contributed by atoms with van der Waals surface area (Å²) in [5.41, 5.74) is 0.730. The molecule has 0 bridgehead atoms. The Morgan fingerprint density at radius 3 is 2.47 bits per heavy atom. The Balaban J connectivity index is 1.82. The molecule has 0 aromatic heterocycles. The standard InChI is InChI=1S/C16H23F2N/c1-2-13-5-3-4-6-16(13)19-8-7-12-9-14(17)11-15(18)10-12/h9-11,13,16,19H,2-8H2,1H3. The van der Waals surface area contributed by atoms with Gasteiger partial charge in [0.15, 0.2) is 0 Å². The molecule has 106 valence electrons. The summed E-state index contributed by atoms with van der Waals surface area (Å²) in [4.78, 5) is 0. The Kier molecular flexibility index (Phi) is 5.32. The molecule has 1 aromatic rings. The van der Waals surface area contributed by atoms with Crippen LogP contribution in [0.25, 0.3) is 0 Å². The van der Waals surface area contributed by atoms with Crippen LogP contribution in [0.2, 0.25) is 0 Å². The predicted molar refractivity (Wildman–Crippen MR) is 74.1 cm³/mol. The van der Waals surface area contributed by atoms with Crippen molar-refractivity contribution in [3.05, 3.63) is 35.4 Å². The van der Waals surface area contributed by atoms with E-state index in [9.17, 15) is 8.78 Å². The minimum Gasteiger partial charge on any atom is -0.313 e. The van der Waals surface area contributed by atoms with Crippen molar-refractivity contribution in [1.82, 2.24) is 5.32 Å². The second-order valence-corrected chi connectivity index (χ2v) is 5.54. The third kappa shape index (κ3) is 4.27. The minimum atomic E-state index is -0.487. The second kappa shape index (κ2) is 6.99. The van der Waals surface area contributed by atoms with Gasteiger partial charge in [0, 0.05) is 12.1 Å². The van der Waals surface area contributed by atoms with Crippen molar-refractivity contribution in [2.45, 2.75) is 51.5 Å². The molecule has 1 N–H and O–H groups in total. The Morgan fingerprint density at radius 1 is 1.11 bits per heavy atom. The molecule has 1 nitrogen and oxygen atoms in total. The number of nitrogens with one attached hydrogen (secondary N) is 1. The SMILES string of the molecule is CCC1CCCCC1NCCc1cc(F)cc(F)c1. The van der Waals surface area contributed by atoms with E-state index in [1.807, 2.05) is 0 Å². The maximum atomic E-state index is 13.1. The third-order valence-corrected chi connectivity index (χ3v) is 4.18. The first kappa shape index (κ1) is 14.4. The second-order valence-electron chi connectivity index (χ2n) is 5.54. The van der Waals surface area contributed by atoms with Gasteiger partial charge < -0.3 is 5.32 Å². The maximum Gasteiger partial charge on any atom is 0.126 e. The fourth-order valence-corrected chi connectivity index (χ4v) is 3.12. The summed E-state index contributed by atoms with van der Waals surface area (Å²) in [6, 6.07) is 4.34. The molecule has 3 heteroatoms. The first-order chi connectivity index (χ1) is 9.19. The molecule has 0 spiro atoms. The van der Waals surface area contributed by atoms with Gasteiger partial charge >= 0.3 is 0 Å². The zero-order valence-corrected chi connectivity index (χ0v) is 11.6. The number of halogens is 2. The van der Waals surface area contributed by atoms with Crippen LogP contribution in [0.15, 0.2) is 18.2 Å². The zero-order chi connectivity index (χ0) is 13.7. The molecule has 1 aromatic carbocycles. The summed E-state index contributed by atoms with van der Waals surface area (Å²) >= 11 is 0. The molecule has 1 saturated carbocycles. The lowest BCUT2D eigenvalue weighted by molar-refractivity contribution is 0.257. The van der Waals surface area contributed by atoms with E-state index in [0.717, 1.165) is 24.1 Å².